The van der Waals surface area contributed by atoms with Gasteiger partial charge < -0.3 is 5.73 Å². The maximum atomic E-state index is 12.4. The number of benzene rings is 1. The van der Waals surface area contributed by atoms with E-state index in [9.17, 15) is 4.79 Å². The highest BCUT2D eigenvalue weighted by Gasteiger charge is 2.25. The summed E-state index contributed by atoms with van der Waals surface area (Å²) in [5.41, 5.74) is 8.98. The average molecular weight is 292 g/mol. The molecule has 1 aromatic carbocycles. The summed E-state index contributed by atoms with van der Waals surface area (Å²) in [6.45, 7) is 1.99. The molecule has 2 N–H and O–H groups in total. The summed E-state index contributed by atoms with van der Waals surface area (Å²) in [5, 5.41) is 0.713. The van der Waals surface area contributed by atoms with Crippen LogP contribution in [0.1, 0.15) is 30.0 Å². The molecule has 2 aromatic heterocycles. The molecule has 0 saturated heterocycles. The number of pyridine rings is 1. The molecule has 0 amide bonds. The first-order chi connectivity index (χ1) is 10.6. The Labute approximate surface area is 127 Å². The fourth-order valence-electron chi connectivity index (χ4n) is 2.74. The van der Waals surface area contributed by atoms with Gasteiger partial charge in [0.25, 0.3) is 0 Å². The Bertz CT molecular complexity index is 941. The largest absolute Gasteiger partial charge is 0.383 e. The predicted octanol–water partition coefficient (Wildman–Crippen LogP) is 2.55. The quantitative estimate of drug-likeness (QED) is 0.787. The molecule has 5 nitrogen and oxygen atoms in total. The molecule has 0 spiro atoms. The number of aryl methyl sites for hydroxylation is 1. The number of nitrogen functional groups attached to an aromatic ring is 1. The highest BCUT2D eigenvalue weighted by molar-refractivity contribution is 5.86. The van der Waals surface area contributed by atoms with Crippen molar-refractivity contribution in [2.45, 2.75) is 25.7 Å². The smallest absolute Gasteiger partial charge is 0.355 e. The van der Waals surface area contributed by atoms with Crippen LogP contribution in [-0.2, 0) is 0 Å². The summed E-state index contributed by atoms with van der Waals surface area (Å²) < 4.78 is 1.55. The molecule has 1 saturated carbocycles. The van der Waals surface area contributed by atoms with Crippen LogP contribution in [0.5, 0.6) is 0 Å². The molecule has 5 heteroatoms. The second-order valence-electron chi connectivity index (χ2n) is 5.84. The van der Waals surface area contributed by atoms with Crippen molar-refractivity contribution in [3.8, 4) is 5.69 Å². The first-order valence-corrected chi connectivity index (χ1v) is 7.40. The van der Waals surface area contributed by atoms with Crippen LogP contribution in [0.4, 0.5) is 5.82 Å². The number of nitrogens with zero attached hydrogens (tertiary/aromatic N) is 3. The molecule has 0 atom stereocenters. The minimum atomic E-state index is -0.393. The Morgan fingerprint density at radius 1 is 1.18 bits per heavy atom. The van der Waals surface area contributed by atoms with E-state index in [4.69, 9.17) is 10.7 Å². The van der Waals surface area contributed by atoms with E-state index in [0.717, 1.165) is 29.8 Å². The number of aromatic nitrogens is 3. The van der Waals surface area contributed by atoms with E-state index in [0.29, 0.717) is 17.0 Å². The van der Waals surface area contributed by atoms with E-state index < -0.39 is 5.69 Å². The fraction of sp³-hybridized carbons (Fsp3) is 0.235. The first-order valence-electron chi connectivity index (χ1n) is 7.40. The topological polar surface area (TPSA) is 73.8 Å². The lowest BCUT2D eigenvalue weighted by atomic mass is 10.2. The average Bonchev–Trinajstić information content (AvgIpc) is 3.31. The van der Waals surface area contributed by atoms with Gasteiger partial charge in [-0.25, -0.2) is 14.3 Å². The standard InChI is InChI=1S/C17H16N4O/c1-10-3-2-4-12(9-10)21-16-13(15(18)20-17(21)22)7-8-14(19-16)11-5-6-11/h2-4,7-9,11H,5-6H2,1H3,(H2,18,20,22). The summed E-state index contributed by atoms with van der Waals surface area (Å²) >= 11 is 0. The number of anilines is 1. The van der Waals surface area contributed by atoms with Gasteiger partial charge in [-0.3, -0.25) is 0 Å². The molecule has 0 radical (unpaired) electrons. The Hall–Kier alpha value is -2.69. The molecule has 2 heterocycles. The Morgan fingerprint density at radius 2 is 2.00 bits per heavy atom. The molecule has 1 aliphatic carbocycles. The maximum Gasteiger partial charge on any atom is 0.355 e. The third-order valence-electron chi connectivity index (χ3n) is 4.05. The van der Waals surface area contributed by atoms with Crippen molar-refractivity contribution in [3.05, 3.63) is 58.1 Å². The van der Waals surface area contributed by atoms with Crippen molar-refractivity contribution in [1.29, 1.82) is 0 Å². The minimum absolute atomic E-state index is 0.235. The van der Waals surface area contributed by atoms with Crippen molar-refractivity contribution >= 4 is 16.9 Å². The van der Waals surface area contributed by atoms with Crippen LogP contribution in [0, 0.1) is 6.92 Å². The molecular weight excluding hydrogens is 276 g/mol. The normalized spacial score (nSPS) is 14.4. The Balaban J connectivity index is 2.07. The number of rotatable bonds is 2. The molecule has 22 heavy (non-hydrogen) atoms. The van der Waals surface area contributed by atoms with Gasteiger partial charge in [0.05, 0.1) is 11.1 Å². The van der Waals surface area contributed by atoms with Gasteiger partial charge in [0.2, 0.25) is 0 Å². The van der Waals surface area contributed by atoms with Gasteiger partial charge in [-0.05, 0) is 49.6 Å². The molecule has 4 rings (SSSR count). The maximum absolute atomic E-state index is 12.4. The summed E-state index contributed by atoms with van der Waals surface area (Å²) in [5.74, 6) is 0.749. The van der Waals surface area contributed by atoms with Gasteiger partial charge >= 0.3 is 5.69 Å². The van der Waals surface area contributed by atoms with Gasteiger partial charge in [0, 0.05) is 11.6 Å². The van der Waals surface area contributed by atoms with Gasteiger partial charge in [-0.2, -0.15) is 4.98 Å². The lowest BCUT2D eigenvalue weighted by Crippen LogP contribution is -2.24. The van der Waals surface area contributed by atoms with Crippen LogP contribution in [0.2, 0.25) is 0 Å². The zero-order chi connectivity index (χ0) is 15.3. The van der Waals surface area contributed by atoms with Crippen LogP contribution in [0.15, 0.2) is 41.2 Å². The fourth-order valence-corrected chi connectivity index (χ4v) is 2.74. The monoisotopic (exact) mass is 292 g/mol. The summed E-state index contributed by atoms with van der Waals surface area (Å²) in [4.78, 5) is 21.0. The minimum Gasteiger partial charge on any atom is -0.383 e. The van der Waals surface area contributed by atoms with Crippen LogP contribution >= 0.6 is 0 Å². The van der Waals surface area contributed by atoms with E-state index in [2.05, 4.69) is 4.98 Å². The molecule has 1 fully saturated rings. The third-order valence-corrected chi connectivity index (χ3v) is 4.05. The van der Waals surface area contributed by atoms with Crippen molar-refractivity contribution in [2.24, 2.45) is 0 Å². The van der Waals surface area contributed by atoms with Gasteiger partial charge in [-0.1, -0.05) is 12.1 Å². The SMILES string of the molecule is Cc1cccc(-n2c(=O)nc(N)c3ccc(C4CC4)nc32)c1. The van der Waals surface area contributed by atoms with Crippen molar-refractivity contribution in [2.75, 3.05) is 5.73 Å². The Morgan fingerprint density at radius 3 is 2.73 bits per heavy atom. The molecule has 110 valence electrons. The highest BCUT2D eigenvalue weighted by Crippen LogP contribution is 2.39. The van der Waals surface area contributed by atoms with Gasteiger partial charge in [0.1, 0.15) is 5.82 Å². The third kappa shape index (κ3) is 2.06. The van der Waals surface area contributed by atoms with Crippen LogP contribution in [0.25, 0.3) is 16.7 Å². The van der Waals surface area contributed by atoms with Crippen molar-refractivity contribution in [3.63, 3.8) is 0 Å². The Kier molecular flexibility index (Phi) is 2.76. The van der Waals surface area contributed by atoms with Gasteiger partial charge in [0.15, 0.2) is 5.65 Å². The molecule has 0 bridgehead atoms. The summed E-state index contributed by atoms with van der Waals surface area (Å²) in [6.07, 6.45) is 2.32. The number of hydrogen-bond donors (Lipinski definition) is 1. The molecule has 0 unspecified atom stereocenters. The zero-order valence-corrected chi connectivity index (χ0v) is 12.3. The lowest BCUT2D eigenvalue weighted by Gasteiger charge is -2.11. The van der Waals surface area contributed by atoms with Crippen LogP contribution in [-0.4, -0.2) is 14.5 Å². The first kappa shape index (κ1) is 13.0. The second kappa shape index (κ2) is 4.66. The van der Waals surface area contributed by atoms with Crippen LogP contribution < -0.4 is 11.4 Å². The molecule has 0 aliphatic heterocycles. The van der Waals surface area contributed by atoms with Gasteiger partial charge in [-0.15, -0.1) is 0 Å². The molecule has 3 aromatic rings. The van der Waals surface area contributed by atoms with E-state index in [1.807, 2.05) is 43.3 Å². The number of nitrogens with two attached hydrogens (primary N) is 1. The van der Waals surface area contributed by atoms with E-state index in [-0.39, 0.29) is 5.82 Å². The van der Waals surface area contributed by atoms with E-state index >= 15 is 0 Å². The van der Waals surface area contributed by atoms with E-state index in [1.165, 1.54) is 0 Å². The molecular formula is C17H16N4O. The molecule has 1 aliphatic rings. The van der Waals surface area contributed by atoms with Crippen LogP contribution in [0.3, 0.4) is 0 Å². The lowest BCUT2D eigenvalue weighted by molar-refractivity contribution is 0.926. The van der Waals surface area contributed by atoms with E-state index in [1.54, 1.807) is 4.57 Å². The van der Waals surface area contributed by atoms with Crippen molar-refractivity contribution < 1.29 is 0 Å². The zero-order valence-electron chi connectivity index (χ0n) is 12.3. The summed E-state index contributed by atoms with van der Waals surface area (Å²) in [7, 11) is 0. The predicted molar refractivity (Wildman–Crippen MR) is 86.3 cm³/mol. The highest BCUT2D eigenvalue weighted by atomic mass is 16.1. The summed E-state index contributed by atoms with van der Waals surface area (Å²) in [6, 6.07) is 11.7. The second-order valence-corrected chi connectivity index (χ2v) is 5.84. The van der Waals surface area contributed by atoms with Crippen molar-refractivity contribution in [1.82, 2.24) is 14.5 Å². The number of fused-ring (bicyclic) bond motifs is 1. The number of hydrogen-bond acceptors (Lipinski definition) is 4.